The second kappa shape index (κ2) is 7.77. The Balaban J connectivity index is 1.85. The smallest absolute Gasteiger partial charge is 0.244 e. The fraction of sp³-hybridized carbons (Fsp3) is 0.467. The average molecular weight is 307 g/mol. The topological polar surface area (TPSA) is 103 Å². The van der Waals surface area contributed by atoms with Crippen LogP contribution in [0.15, 0.2) is 24.3 Å². The number of nitrogens with two attached hydrogens (primary N) is 1. The van der Waals surface area contributed by atoms with Gasteiger partial charge in [0.1, 0.15) is 11.8 Å². The molecule has 0 bridgehead atoms. The number of primary amides is 1. The van der Waals surface area contributed by atoms with E-state index in [0.29, 0.717) is 24.6 Å². The highest BCUT2D eigenvalue weighted by atomic mass is 16.5. The van der Waals surface area contributed by atoms with E-state index in [1.807, 2.05) is 6.92 Å². The molecule has 0 saturated carbocycles. The van der Waals surface area contributed by atoms with Crippen LogP contribution in [0, 0.1) is 0 Å². The molecule has 2 rings (SSSR count). The van der Waals surface area contributed by atoms with E-state index < -0.39 is 5.91 Å². The first kappa shape index (κ1) is 16.3. The molecular weight excluding hydrogens is 286 g/mol. The number of rotatable bonds is 6. The number of hydrogen-bond acceptors (Lipinski definition) is 5. The third-order valence-corrected chi connectivity index (χ3v) is 3.34. The first-order valence-electron chi connectivity index (χ1n) is 7.23. The summed E-state index contributed by atoms with van der Waals surface area (Å²) in [4.78, 5) is 22.8. The fourth-order valence-corrected chi connectivity index (χ4v) is 2.15. The fourth-order valence-electron chi connectivity index (χ4n) is 2.15. The van der Waals surface area contributed by atoms with Crippen LogP contribution in [0.3, 0.4) is 0 Å². The number of ether oxygens (including phenoxy) is 2. The minimum Gasteiger partial charge on any atom is -0.493 e. The summed E-state index contributed by atoms with van der Waals surface area (Å²) in [6, 6.07) is 6.58. The van der Waals surface area contributed by atoms with Gasteiger partial charge in [-0.05, 0) is 31.2 Å². The van der Waals surface area contributed by atoms with Crippen LogP contribution >= 0.6 is 0 Å². The van der Waals surface area contributed by atoms with E-state index in [2.05, 4.69) is 10.6 Å². The maximum absolute atomic E-state index is 12.2. The van der Waals surface area contributed by atoms with Gasteiger partial charge < -0.3 is 25.8 Å². The number of carbonyl (C=O) groups is 2. The van der Waals surface area contributed by atoms with Gasteiger partial charge >= 0.3 is 0 Å². The normalized spacial score (nSPS) is 21.1. The summed E-state index contributed by atoms with van der Waals surface area (Å²) in [5.74, 6) is 0.0848. The lowest BCUT2D eigenvalue weighted by molar-refractivity contribution is -0.123. The highest BCUT2D eigenvalue weighted by Crippen LogP contribution is 2.16. The first-order valence-corrected chi connectivity index (χ1v) is 7.23. The zero-order valence-corrected chi connectivity index (χ0v) is 12.5. The predicted octanol–water partition coefficient (Wildman–Crippen LogP) is 0.256. The summed E-state index contributed by atoms with van der Waals surface area (Å²) in [5.41, 5.74) is 5.71. The van der Waals surface area contributed by atoms with Crippen LogP contribution in [0.5, 0.6) is 5.75 Å². The molecule has 0 spiro atoms. The monoisotopic (exact) mass is 307 g/mol. The van der Waals surface area contributed by atoms with Gasteiger partial charge in [0.2, 0.25) is 11.8 Å². The molecule has 1 saturated heterocycles. The van der Waals surface area contributed by atoms with Gasteiger partial charge in [0, 0.05) is 12.2 Å². The van der Waals surface area contributed by atoms with Gasteiger partial charge in [-0.2, -0.15) is 0 Å². The van der Waals surface area contributed by atoms with Gasteiger partial charge in [-0.25, -0.2) is 0 Å². The molecule has 0 aliphatic carbocycles. The Bertz CT molecular complexity index is 518. The van der Waals surface area contributed by atoms with Crippen molar-refractivity contribution in [2.24, 2.45) is 5.73 Å². The molecule has 0 radical (unpaired) electrons. The molecule has 1 aromatic carbocycles. The molecule has 1 fully saturated rings. The van der Waals surface area contributed by atoms with Gasteiger partial charge in [-0.15, -0.1) is 0 Å². The standard InChI is InChI=1S/C15H21N3O4/c1-10-14(17-7-9-21-10)15(20)18-11-2-4-12(5-3-11)22-8-6-13(16)19/h2-5,10,14,17H,6-9H2,1H3,(H2,16,19)(H,18,20)/t10-,14+/m1/s1. The van der Waals surface area contributed by atoms with Crippen LogP contribution in [0.25, 0.3) is 0 Å². The van der Waals surface area contributed by atoms with Crippen molar-refractivity contribution in [1.29, 1.82) is 0 Å². The average Bonchev–Trinajstić information content (AvgIpc) is 2.49. The Kier molecular flexibility index (Phi) is 5.74. The van der Waals surface area contributed by atoms with Crippen molar-refractivity contribution in [3.8, 4) is 5.75 Å². The number of nitrogens with one attached hydrogen (secondary N) is 2. The Morgan fingerprint density at radius 1 is 1.41 bits per heavy atom. The van der Waals surface area contributed by atoms with Crippen LogP contribution in [0.4, 0.5) is 5.69 Å². The lowest BCUT2D eigenvalue weighted by Crippen LogP contribution is -2.53. The lowest BCUT2D eigenvalue weighted by Gasteiger charge is -2.29. The summed E-state index contributed by atoms with van der Waals surface area (Å²) in [5, 5.41) is 5.97. The third kappa shape index (κ3) is 4.71. The molecule has 4 N–H and O–H groups in total. The van der Waals surface area contributed by atoms with Crippen molar-refractivity contribution >= 4 is 17.5 Å². The molecule has 0 unspecified atom stereocenters. The minimum absolute atomic E-state index is 0.130. The van der Waals surface area contributed by atoms with Gasteiger partial charge in [0.25, 0.3) is 0 Å². The van der Waals surface area contributed by atoms with Gasteiger partial charge in [0.05, 0.1) is 25.7 Å². The highest BCUT2D eigenvalue weighted by Gasteiger charge is 2.28. The van der Waals surface area contributed by atoms with E-state index >= 15 is 0 Å². The quantitative estimate of drug-likeness (QED) is 0.699. The van der Waals surface area contributed by atoms with Crippen molar-refractivity contribution in [1.82, 2.24) is 5.32 Å². The van der Waals surface area contributed by atoms with Crippen molar-refractivity contribution < 1.29 is 19.1 Å². The molecule has 1 aliphatic rings. The van der Waals surface area contributed by atoms with E-state index in [-0.39, 0.29) is 31.1 Å². The maximum Gasteiger partial charge on any atom is 0.244 e. The van der Waals surface area contributed by atoms with Crippen LogP contribution in [0.1, 0.15) is 13.3 Å². The maximum atomic E-state index is 12.2. The van der Waals surface area contributed by atoms with E-state index in [0.717, 1.165) is 0 Å². The molecule has 120 valence electrons. The second-order valence-electron chi connectivity index (χ2n) is 5.09. The Morgan fingerprint density at radius 3 is 2.77 bits per heavy atom. The third-order valence-electron chi connectivity index (χ3n) is 3.34. The summed E-state index contributed by atoms with van der Waals surface area (Å²) in [6.45, 7) is 3.38. The number of morpholine rings is 1. The zero-order valence-electron chi connectivity index (χ0n) is 12.5. The number of carbonyl (C=O) groups excluding carboxylic acids is 2. The largest absolute Gasteiger partial charge is 0.493 e. The highest BCUT2D eigenvalue weighted by molar-refractivity contribution is 5.95. The number of hydrogen-bond donors (Lipinski definition) is 3. The summed E-state index contributed by atoms with van der Waals surface area (Å²) < 4.78 is 10.8. The Morgan fingerprint density at radius 2 is 2.14 bits per heavy atom. The van der Waals surface area contributed by atoms with Gasteiger partial charge in [-0.3, -0.25) is 9.59 Å². The van der Waals surface area contributed by atoms with Crippen LogP contribution < -0.4 is 21.1 Å². The van der Waals surface area contributed by atoms with E-state index in [9.17, 15) is 9.59 Å². The number of anilines is 1. The van der Waals surface area contributed by atoms with Crippen molar-refractivity contribution in [3.63, 3.8) is 0 Å². The van der Waals surface area contributed by atoms with E-state index in [1.54, 1.807) is 24.3 Å². The van der Waals surface area contributed by atoms with Crippen molar-refractivity contribution in [2.75, 3.05) is 25.1 Å². The number of amides is 2. The predicted molar refractivity (Wildman–Crippen MR) is 81.6 cm³/mol. The molecule has 1 aliphatic heterocycles. The van der Waals surface area contributed by atoms with Gasteiger partial charge in [-0.1, -0.05) is 0 Å². The zero-order chi connectivity index (χ0) is 15.9. The molecule has 22 heavy (non-hydrogen) atoms. The van der Waals surface area contributed by atoms with Gasteiger partial charge in [0.15, 0.2) is 0 Å². The molecule has 1 heterocycles. The molecule has 7 heteroatoms. The molecule has 2 amide bonds. The summed E-state index contributed by atoms with van der Waals surface area (Å²) in [7, 11) is 0. The minimum atomic E-state index is -0.403. The lowest BCUT2D eigenvalue weighted by atomic mass is 10.1. The summed E-state index contributed by atoms with van der Waals surface area (Å²) in [6.07, 6.45) is 0.00847. The van der Waals surface area contributed by atoms with Crippen molar-refractivity contribution in [2.45, 2.75) is 25.5 Å². The molecule has 2 atom stereocenters. The molecule has 0 aromatic heterocycles. The molecular formula is C15H21N3O4. The van der Waals surface area contributed by atoms with Crippen LogP contribution in [-0.2, 0) is 14.3 Å². The Hall–Kier alpha value is -2.12. The van der Waals surface area contributed by atoms with Crippen LogP contribution in [0.2, 0.25) is 0 Å². The first-order chi connectivity index (χ1) is 10.6. The SMILES string of the molecule is C[C@H]1OCCN[C@@H]1C(=O)Nc1ccc(OCCC(N)=O)cc1. The van der Waals surface area contributed by atoms with Crippen molar-refractivity contribution in [3.05, 3.63) is 24.3 Å². The molecule has 1 aromatic rings. The van der Waals surface area contributed by atoms with E-state index in [4.69, 9.17) is 15.2 Å². The molecule has 7 nitrogen and oxygen atoms in total. The Labute approximate surface area is 129 Å². The van der Waals surface area contributed by atoms with Crippen LogP contribution in [-0.4, -0.2) is 43.7 Å². The number of benzene rings is 1. The summed E-state index contributed by atoms with van der Waals surface area (Å²) >= 11 is 0. The van der Waals surface area contributed by atoms with E-state index in [1.165, 1.54) is 0 Å². The second-order valence-corrected chi connectivity index (χ2v) is 5.09.